The van der Waals surface area contributed by atoms with Crippen molar-refractivity contribution in [1.82, 2.24) is 0 Å². The summed E-state index contributed by atoms with van der Waals surface area (Å²) < 4.78 is 6.92. The second-order valence-corrected chi connectivity index (χ2v) is 7.49. The number of hydrogen-bond donors (Lipinski definition) is 0. The largest absolute Gasteiger partial charge is 0.488 e. The van der Waals surface area contributed by atoms with E-state index in [4.69, 9.17) is 16.3 Å². The summed E-state index contributed by atoms with van der Waals surface area (Å²) in [4.78, 5) is 0. The molecule has 0 aliphatic carbocycles. The molecule has 0 saturated heterocycles. The third-order valence-corrected chi connectivity index (χ3v) is 4.77. The van der Waals surface area contributed by atoms with Crippen LogP contribution in [-0.4, -0.2) is 0 Å². The molecule has 0 aliphatic heterocycles. The molecule has 0 aliphatic rings. The molecule has 3 aromatic rings. The Morgan fingerprint density at radius 3 is 2.59 bits per heavy atom. The van der Waals surface area contributed by atoms with Gasteiger partial charge in [-0.3, -0.25) is 0 Å². The lowest BCUT2D eigenvalue weighted by molar-refractivity contribution is 0.305. The smallest absolute Gasteiger partial charge is 0.127 e. The van der Waals surface area contributed by atoms with Gasteiger partial charge >= 0.3 is 0 Å². The Hall–Kier alpha value is -2.54. The van der Waals surface area contributed by atoms with E-state index >= 15 is 0 Å². The monoisotopic (exact) mass is 437 g/mol. The van der Waals surface area contributed by atoms with Crippen LogP contribution in [0.4, 0.5) is 0 Å². The molecule has 0 bridgehead atoms. The highest BCUT2D eigenvalue weighted by molar-refractivity contribution is 9.10. The highest BCUT2D eigenvalue weighted by Gasteiger charge is 2.07. The summed E-state index contributed by atoms with van der Waals surface area (Å²) in [6.07, 6.45) is 1.85. The van der Waals surface area contributed by atoms with Crippen molar-refractivity contribution in [2.75, 3.05) is 0 Å². The Morgan fingerprint density at radius 1 is 1.11 bits per heavy atom. The fourth-order valence-electron chi connectivity index (χ4n) is 2.62. The van der Waals surface area contributed by atoms with E-state index in [1.807, 2.05) is 79.7 Å². The number of nitrogens with zero attached hydrogens (tertiary/aromatic N) is 1. The highest BCUT2D eigenvalue weighted by atomic mass is 79.9. The summed E-state index contributed by atoms with van der Waals surface area (Å²) in [6.45, 7) is 2.42. The molecule has 0 saturated carbocycles. The van der Waals surface area contributed by atoms with Gasteiger partial charge in [0, 0.05) is 15.1 Å². The fraction of sp³-hybridized carbons (Fsp3) is 0.0870. The van der Waals surface area contributed by atoms with Crippen molar-refractivity contribution in [1.29, 1.82) is 5.26 Å². The minimum Gasteiger partial charge on any atom is -0.488 e. The van der Waals surface area contributed by atoms with E-state index in [1.54, 1.807) is 0 Å². The second-order valence-electron chi connectivity index (χ2n) is 6.14. The maximum Gasteiger partial charge on any atom is 0.127 e. The van der Waals surface area contributed by atoms with Crippen LogP contribution < -0.4 is 4.74 Å². The summed E-state index contributed by atoms with van der Waals surface area (Å²) in [5.74, 6) is 0.707. The average Bonchev–Trinajstić information content (AvgIpc) is 2.66. The molecule has 0 aromatic heterocycles. The van der Waals surface area contributed by atoms with E-state index in [1.165, 1.54) is 0 Å². The molecule has 0 atom stereocenters. The summed E-state index contributed by atoms with van der Waals surface area (Å²) in [5.41, 5.74) is 4.44. The number of nitriles is 1. The summed E-state index contributed by atoms with van der Waals surface area (Å²) in [7, 11) is 0. The quantitative estimate of drug-likeness (QED) is 0.316. The van der Waals surface area contributed by atoms with Crippen LogP contribution in [-0.2, 0) is 6.61 Å². The molecule has 0 unspecified atom stereocenters. The summed E-state index contributed by atoms with van der Waals surface area (Å²) in [6, 6.07) is 23.5. The van der Waals surface area contributed by atoms with Gasteiger partial charge in [0.1, 0.15) is 12.4 Å². The third kappa shape index (κ3) is 5.23. The average molecular weight is 439 g/mol. The second kappa shape index (κ2) is 8.90. The normalized spacial score (nSPS) is 11.1. The maximum atomic E-state index is 9.62. The molecule has 0 N–H and O–H groups in total. The van der Waals surface area contributed by atoms with Gasteiger partial charge in [0.05, 0.1) is 11.6 Å². The Morgan fingerprint density at radius 2 is 1.89 bits per heavy atom. The van der Waals surface area contributed by atoms with E-state index in [9.17, 15) is 5.26 Å². The van der Waals surface area contributed by atoms with Crippen LogP contribution in [0.25, 0.3) is 11.6 Å². The summed E-state index contributed by atoms with van der Waals surface area (Å²) >= 11 is 9.53. The first-order chi connectivity index (χ1) is 13.0. The van der Waals surface area contributed by atoms with E-state index < -0.39 is 0 Å². The molecule has 0 heterocycles. The van der Waals surface area contributed by atoms with Crippen molar-refractivity contribution in [3.8, 4) is 11.8 Å². The minimum atomic E-state index is 0.398. The molecular formula is C23H17BrClNO. The Balaban J connectivity index is 1.91. The first-order valence-electron chi connectivity index (χ1n) is 8.41. The molecule has 2 nitrogen and oxygen atoms in total. The molecule has 134 valence electrons. The van der Waals surface area contributed by atoms with E-state index in [0.717, 1.165) is 26.7 Å². The van der Waals surface area contributed by atoms with Crippen LogP contribution in [0.3, 0.4) is 0 Å². The zero-order chi connectivity index (χ0) is 19.2. The third-order valence-electron chi connectivity index (χ3n) is 4.04. The van der Waals surface area contributed by atoms with Crippen molar-refractivity contribution in [2.45, 2.75) is 13.5 Å². The van der Waals surface area contributed by atoms with Gasteiger partial charge < -0.3 is 4.74 Å². The predicted octanol–water partition coefficient (Wildman–Crippen LogP) is 7.05. The molecule has 3 aromatic carbocycles. The standard InChI is InChI=1S/C23H17BrClNO/c1-16-5-7-18(8-6-16)20(14-26)12-19-13-21(24)9-10-23(19)27-15-17-3-2-4-22(25)11-17/h2-13H,15H2,1H3/b20-12+. The van der Waals surface area contributed by atoms with Crippen LogP contribution in [0.15, 0.2) is 71.2 Å². The number of allylic oxidation sites excluding steroid dienone is 1. The Kier molecular flexibility index (Phi) is 6.34. The van der Waals surface area contributed by atoms with Gasteiger partial charge in [-0.2, -0.15) is 5.26 Å². The van der Waals surface area contributed by atoms with Gasteiger partial charge in [0.15, 0.2) is 0 Å². The van der Waals surface area contributed by atoms with Gasteiger partial charge in [-0.25, -0.2) is 0 Å². The van der Waals surface area contributed by atoms with Crippen molar-refractivity contribution in [3.05, 3.63) is 98.5 Å². The van der Waals surface area contributed by atoms with Crippen LogP contribution in [0, 0.1) is 18.3 Å². The van der Waals surface area contributed by atoms with Gasteiger partial charge in [0.25, 0.3) is 0 Å². The zero-order valence-corrected chi connectivity index (χ0v) is 17.1. The molecule has 27 heavy (non-hydrogen) atoms. The first-order valence-corrected chi connectivity index (χ1v) is 9.58. The van der Waals surface area contributed by atoms with Gasteiger partial charge in [0.2, 0.25) is 0 Å². The van der Waals surface area contributed by atoms with Crippen molar-refractivity contribution in [2.24, 2.45) is 0 Å². The topological polar surface area (TPSA) is 33.0 Å². The lowest BCUT2D eigenvalue weighted by Crippen LogP contribution is -1.97. The maximum absolute atomic E-state index is 9.62. The molecule has 4 heteroatoms. The SMILES string of the molecule is Cc1ccc(/C(C#N)=C/c2cc(Br)ccc2OCc2cccc(Cl)c2)cc1. The highest BCUT2D eigenvalue weighted by Crippen LogP contribution is 2.29. The molecule has 0 spiro atoms. The van der Waals surface area contributed by atoms with E-state index in [0.29, 0.717) is 23.0 Å². The van der Waals surface area contributed by atoms with Crippen LogP contribution in [0.2, 0.25) is 5.02 Å². The first kappa shape index (κ1) is 19.2. The van der Waals surface area contributed by atoms with Gasteiger partial charge in [-0.15, -0.1) is 0 Å². The molecule has 0 amide bonds. The van der Waals surface area contributed by atoms with Crippen molar-refractivity contribution in [3.63, 3.8) is 0 Å². The number of rotatable bonds is 5. The minimum absolute atomic E-state index is 0.398. The van der Waals surface area contributed by atoms with Crippen LogP contribution >= 0.6 is 27.5 Å². The Bertz CT molecular complexity index is 1020. The summed E-state index contributed by atoms with van der Waals surface area (Å²) in [5, 5.41) is 10.3. The molecular weight excluding hydrogens is 422 g/mol. The van der Waals surface area contributed by atoms with Gasteiger partial charge in [-0.1, -0.05) is 69.5 Å². The molecule has 0 fully saturated rings. The number of aryl methyl sites for hydroxylation is 1. The number of halogens is 2. The van der Waals surface area contributed by atoms with Crippen LogP contribution in [0.5, 0.6) is 5.75 Å². The van der Waals surface area contributed by atoms with E-state index in [-0.39, 0.29) is 0 Å². The fourth-order valence-corrected chi connectivity index (χ4v) is 3.21. The lowest BCUT2D eigenvalue weighted by Gasteiger charge is -2.11. The molecule has 3 rings (SSSR count). The number of ether oxygens (including phenoxy) is 1. The van der Waals surface area contributed by atoms with Crippen LogP contribution in [0.1, 0.15) is 22.3 Å². The van der Waals surface area contributed by atoms with Gasteiger partial charge in [-0.05, 0) is 54.5 Å². The lowest BCUT2D eigenvalue weighted by atomic mass is 10.0. The predicted molar refractivity (Wildman–Crippen MR) is 115 cm³/mol. The van der Waals surface area contributed by atoms with Crippen molar-refractivity contribution >= 4 is 39.2 Å². The molecule has 0 radical (unpaired) electrons. The zero-order valence-electron chi connectivity index (χ0n) is 14.7. The number of benzene rings is 3. The Labute approximate surface area is 172 Å². The van der Waals surface area contributed by atoms with Crippen molar-refractivity contribution < 1.29 is 4.74 Å². The van der Waals surface area contributed by atoms with E-state index in [2.05, 4.69) is 22.0 Å². The number of hydrogen-bond acceptors (Lipinski definition) is 2.